The van der Waals surface area contributed by atoms with E-state index in [4.69, 9.17) is 9.72 Å². The Labute approximate surface area is 246 Å². The molecule has 0 aliphatic rings. The minimum atomic E-state index is -1.67. The quantitative estimate of drug-likeness (QED) is 0.201. The zero-order valence-electron chi connectivity index (χ0n) is 26.0. The van der Waals surface area contributed by atoms with Crippen molar-refractivity contribution in [3.8, 4) is 34.1 Å². The zero-order chi connectivity index (χ0) is 29.6. The lowest BCUT2D eigenvalue weighted by Crippen LogP contribution is -2.37. The van der Waals surface area contributed by atoms with Crippen LogP contribution in [-0.2, 0) is 10.8 Å². The molecule has 41 heavy (non-hydrogen) atoms. The third kappa shape index (κ3) is 6.44. The van der Waals surface area contributed by atoms with E-state index >= 15 is 0 Å². The molecule has 0 amide bonds. The summed E-state index contributed by atoms with van der Waals surface area (Å²) >= 11 is 0. The van der Waals surface area contributed by atoms with Crippen molar-refractivity contribution in [3.05, 3.63) is 102 Å². The molecule has 0 spiro atoms. The third-order valence-electron chi connectivity index (χ3n) is 7.61. The Hall–Kier alpha value is -3.76. The average molecular weight is 559 g/mol. The van der Waals surface area contributed by atoms with Gasteiger partial charge in [0.1, 0.15) is 5.75 Å². The van der Waals surface area contributed by atoms with Crippen molar-refractivity contribution < 1.29 is 4.74 Å². The number of hydrogen-bond acceptors (Lipinski definition) is 3. The number of benzene rings is 3. The number of rotatable bonds is 5. The molecule has 210 valence electrons. The van der Waals surface area contributed by atoms with Crippen molar-refractivity contribution in [3.63, 3.8) is 0 Å². The van der Waals surface area contributed by atoms with Crippen LogP contribution in [0.3, 0.4) is 0 Å². The number of fused-ring (bicyclic) bond motifs is 1. The molecule has 5 rings (SSSR count). The van der Waals surface area contributed by atoms with Gasteiger partial charge in [-0.25, -0.2) is 4.98 Å². The average Bonchev–Trinajstić information content (AvgIpc) is 2.91. The van der Waals surface area contributed by atoms with Crippen molar-refractivity contribution in [2.75, 3.05) is 0 Å². The van der Waals surface area contributed by atoms with Crippen molar-refractivity contribution in [1.82, 2.24) is 9.97 Å². The summed E-state index contributed by atoms with van der Waals surface area (Å²) in [6.07, 6.45) is 1.89. The van der Waals surface area contributed by atoms with Crippen LogP contribution in [0, 0.1) is 0 Å². The normalized spacial score (nSPS) is 12.5. The molecule has 0 unspecified atom stereocenters. The predicted octanol–water partition coefficient (Wildman–Crippen LogP) is 9.90. The van der Waals surface area contributed by atoms with Crippen LogP contribution in [0.15, 0.2) is 91.1 Å². The van der Waals surface area contributed by atoms with E-state index in [0.29, 0.717) is 5.88 Å². The van der Waals surface area contributed by atoms with Gasteiger partial charge in [0.25, 0.3) is 0 Å². The minimum absolute atomic E-state index is 0.00407. The minimum Gasteiger partial charge on any atom is -0.439 e. The smallest absolute Gasteiger partial charge is 0.219 e. The molecule has 0 aliphatic heterocycles. The van der Waals surface area contributed by atoms with Crippen LogP contribution in [0.5, 0.6) is 11.6 Å². The molecule has 0 fully saturated rings. The summed E-state index contributed by atoms with van der Waals surface area (Å²) in [5.74, 6) is 1.38. The molecule has 3 aromatic carbocycles. The number of pyridine rings is 2. The van der Waals surface area contributed by atoms with Crippen LogP contribution in [-0.4, -0.2) is 18.0 Å². The molecule has 4 heteroatoms. The molecule has 0 bridgehead atoms. The fraction of sp³-hybridized carbons (Fsp3) is 0.297. The molecule has 0 radical (unpaired) electrons. The summed E-state index contributed by atoms with van der Waals surface area (Å²) in [4.78, 5) is 9.73. The largest absolute Gasteiger partial charge is 0.439 e. The number of hydrogen-bond donors (Lipinski definition) is 0. The second kappa shape index (κ2) is 10.6. The molecule has 3 nitrogen and oxygen atoms in total. The Kier molecular flexibility index (Phi) is 7.41. The first-order chi connectivity index (χ1) is 19.2. The second-order valence-corrected chi connectivity index (χ2v) is 19.2. The van der Waals surface area contributed by atoms with Gasteiger partial charge in [-0.05, 0) is 75.2 Å². The van der Waals surface area contributed by atoms with Crippen LogP contribution in [0.2, 0.25) is 19.6 Å². The Morgan fingerprint density at radius 1 is 0.659 bits per heavy atom. The number of nitrogens with zero attached hydrogens (tertiary/aromatic N) is 2. The van der Waals surface area contributed by atoms with Gasteiger partial charge in [0.05, 0.1) is 19.5 Å². The fourth-order valence-corrected chi connectivity index (χ4v) is 6.24. The monoisotopic (exact) mass is 558 g/mol. The fourth-order valence-electron chi connectivity index (χ4n) is 5.11. The maximum atomic E-state index is 6.50. The van der Waals surface area contributed by atoms with Crippen LogP contribution in [0.25, 0.3) is 33.3 Å². The van der Waals surface area contributed by atoms with E-state index in [1.807, 2.05) is 18.3 Å². The van der Waals surface area contributed by atoms with Gasteiger partial charge >= 0.3 is 0 Å². The highest BCUT2D eigenvalue weighted by Crippen LogP contribution is 2.35. The number of aromatic nitrogens is 2. The molecule has 0 saturated carbocycles. The zero-order valence-corrected chi connectivity index (χ0v) is 27.0. The van der Waals surface area contributed by atoms with Gasteiger partial charge in [0, 0.05) is 23.4 Å². The van der Waals surface area contributed by atoms with Crippen molar-refractivity contribution >= 4 is 24.0 Å². The SMILES string of the molecule is CC(C)(C)c1ccnc(-c2cccc(Oc3cc([Si](C)(C)C)cc(-c4cc(C(C)(C)C)c5ccccc5c4)n3)c2)c1. The lowest BCUT2D eigenvalue weighted by atomic mass is 9.82. The van der Waals surface area contributed by atoms with Crippen LogP contribution < -0.4 is 9.92 Å². The number of ether oxygens (including phenoxy) is 1. The Balaban J connectivity index is 1.58. The van der Waals surface area contributed by atoms with Crippen LogP contribution in [0.1, 0.15) is 52.7 Å². The molecule has 0 atom stereocenters. The van der Waals surface area contributed by atoms with Gasteiger partial charge in [-0.1, -0.05) is 103 Å². The summed E-state index contributed by atoms with van der Waals surface area (Å²) in [5.41, 5.74) is 6.68. The lowest BCUT2D eigenvalue weighted by Gasteiger charge is -2.23. The van der Waals surface area contributed by atoms with Crippen LogP contribution in [0.4, 0.5) is 0 Å². The summed E-state index contributed by atoms with van der Waals surface area (Å²) in [7, 11) is -1.67. The summed E-state index contributed by atoms with van der Waals surface area (Å²) < 4.78 is 6.50. The van der Waals surface area contributed by atoms with E-state index in [9.17, 15) is 0 Å². The van der Waals surface area contributed by atoms with Gasteiger partial charge in [0.2, 0.25) is 5.88 Å². The Morgan fingerprint density at radius 3 is 2.12 bits per heavy atom. The van der Waals surface area contributed by atoms with E-state index in [1.54, 1.807) is 0 Å². The molecular formula is C37H42N2OSi. The highest BCUT2D eigenvalue weighted by atomic mass is 28.3. The van der Waals surface area contributed by atoms with Gasteiger partial charge in [-0.3, -0.25) is 4.98 Å². The van der Waals surface area contributed by atoms with Crippen molar-refractivity contribution in [2.45, 2.75) is 72.0 Å². The first-order valence-electron chi connectivity index (χ1n) is 14.5. The van der Waals surface area contributed by atoms with Gasteiger partial charge in [-0.15, -0.1) is 0 Å². The van der Waals surface area contributed by atoms with Gasteiger partial charge < -0.3 is 4.74 Å². The van der Waals surface area contributed by atoms with Gasteiger partial charge in [0.15, 0.2) is 0 Å². The maximum Gasteiger partial charge on any atom is 0.219 e. The van der Waals surface area contributed by atoms with Crippen molar-refractivity contribution in [1.29, 1.82) is 0 Å². The molecular weight excluding hydrogens is 517 g/mol. The Morgan fingerprint density at radius 2 is 1.41 bits per heavy atom. The second-order valence-electron chi connectivity index (χ2n) is 14.1. The first-order valence-corrected chi connectivity index (χ1v) is 18.0. The van der Waals surface area contributed by atoms with E-state index in [0.717, 1.165) is 28.3 Å². The molecule has 0 saturated heterocycles. The predicted molar refractivity (Wildman–Crippen MR) is 177 cm³/mol. The maximum absolute atomic E-state index is 6.50. The van der Waals surface area contributed by atoms with Crippen LogP contribution >= 0.6 is 0 Å². The Bertz CT molecular complexity index is 1720. The highest BCUT2D eigenvalue weighted by Gasteiger charge is 2.22. The first kappa shape index (κ1) is 28.8. The highest BCUT2D eigenvalue weighted by molar-refractivity contribution is 6.88. The van der Waals surface area contributed by atoms with E-state index in [1.165, 1.54) is 27.1 Å². The molecule has 0 aliphatic carbocycles. The molecule has 2 aromatic heterocycles. The lowest BCUT2D eigenvalue weighted by molar-refractivity contribution is 0.464. The molecule has 5 aromatic rings. The molecule has 2 heterocycles. The van der Waals surface area contributed by atoms with E-state index in [2.05, 4.69) is 139 Å². The summed E-state index contributed by atoms with van der Waals surface area (Å²) in [6, 6.07) is 30.1. The third-order valence-corrected chi connectivity index (χ3v) is 9.63. The standard InChI is InChI=1S/C37H42N2OSi/c1-36(2,3)28-17-18-38-33(22-28)26-14-12-15-29(20-26)40-35-24-30(41(7,8)9)23-34(39-35)27-19-25-13-10-11-16-31(25)32(21-27)37(4,5)6/h10-24H,1-9H3. The van der Waals surface area contributed by atoms with Crippen molar-refractivity contribution in [2.24, 2.45) is 0 Å². The topological polar surface area (TPSA) is 35.0 Å². The van der Waals surface area contributed by atoms with Gasteiger partial charge in [-0.2, -0.15) is 0 Å². The van der Waals surface area contributed by atoms with E-state index < -0.39 is 8.07 Å². The van der Waals surface area contributed by atoms with E-state index in [-0.39, 0.29) is 10.8 Å². The molecule has 0 N–H and O–H groups in total. The summed E-state index contributed by atoms with van der Waals surface area (Å²) in [6.45, 7) is 20.6. The summed E-state index contributed by atoms with van der Waals surface area (Å²) in [5, 5.41) is 3.84.